The van der Waals surface area contributed by atoms with Crippen LogP contribution in [-0.4, -0.2) is 27.4 Å². The van der Waals surface area contributed by atoms with Crippen molar-refractivity contribution in [3.05, 3.63) is 29.3 Å². The zero-order chi connectivity index (χ0) is 11.8. The molecule has 0 aliphatic carbocycles. The van der Waals surface area contributed by atoms with Gasteiger partial charge in [0.1, 0.15) is 5.75 Å². The van der Waals surface area contributed by atoms with Gasteiger partial charge in [-0.15, -0.1) is 0 Å². The van der Waals surface area contributed by atoms with Gasteiger partial charge in [-0.2, -0.15) is 0 Å². The number of hydrogen-bond acceptors (Lipinski definition) is 3. The Morgan fingerprint density at radius 3 is 2.75 bits per heavy atom. The lowest BCUT2D eigenvalue weighted by atomic mass is 10.1. The van der Waals surface area contributed by atoms with Gasteiger partial charge < -0.3 is 15.4 Å². The van der Waals surface area contributed by atoms with Crippen LogP contribution in [0.5, 0.6) is 5.75 Å². The van der Waals surface area contributed by atoms with Crippen LogP contribution in [0.2, 0.25) is 0 Å². The number of methoxy groups -OCH3 is 1. The van der Waals surface area contributed by atoms with Gasteiger partial charge in [0.05, 0.1) is 7.11 Å². The van der Waals surface area contributed by atoms with Crippen molar-refractivity contribution in [3.8, 4) is 5.75 Å². The molecule has 0 heterocycles. The predicted octanol–water partition coefficient (Wildman–Crippen LogP) is 1.57. The summed E-state index contributed by atoms with van der Waals surface area (Å²) >= 11 is 0. The van der Waals surface area contributed by atoms with Crippen LogP contribution in [0.25, 0.3) is 0 Å². The van der Waals surface area contributed by atoms with Crippen molar-refractivity contribution in [1.29, 1.82) is 0 Å². The zero-order valence-corrected chi connectivity index (χ0v) is 10.5. The lowest BCUT2D eigenvalue weighted by Gasteiger charge is -2.10. The van der Waals surface area contributed by atoms with E-state index in [-0.39, 0.29) is 0 Å². The number of aryl methyl sites for hydroxylation is 1. The molecule has 0 aliphatic heterocycles. The molecule has 0 bridgehead atoms. The first-order valence-corrected chi connectivity index (χ1v) is 5.83. The molecule has 3 heteroatoms. The Labute approximate surface area is 98.2 Å². The second kappa shape index (κ2) is 7.25. The van der Waals surface area contributed by atoms with Gasteiger partial charge in [0.15, 0.2) is 0 Å². The molecule has 1 rings (SSSR count). The van der Waals surface area contributed by atoms with E-state index in [0.29, 0.717) is 0 Å². The third-order valence-corrected chi connectivity index (χ3v) is 2.63. The van der Waals surface area contributed by atoms with E-state index < -0.39 is 0 Å². The van der Waals surface area contributed by atoms with Gasteiger partial charge in [-0.25, -0.2) is 0 Å². The first-order valence-electron chi connectivity index (χ1n) is 5.83. The molecule has 1 aromatic carbocycles. The minimum atomic E-state index is 0.843. The van der Waals surface area contributed by atoms with Crippen molar-refractivity contribution >= 4 is 0 Å². The van der Waals surface area contributed by atoms with E-state index in [2.05, 4.69) is 35.8 Å². The minimum Gasteiger partial charge on any atom is -0.496 e. The molecule has 0 fully saturated rings. The molecule has 0 aromatic heterocycles. The second-order valence-electron chi connectivity index (χ2n) is 3.78. The fourth-order valence-electron chi connectivity index (χ4n) is 1.68. The molecular weight excluding hydrogens is 200 g/mol. The lowest BCUT2D eigenvalue weighted by molar-refractivity contribution is 0.409. The molecule has 1 aromatic rings. The van der Waals surface area contributed by atoms with E-state index in [4.69, 9.17) is 4.74 Å². The Balaban J connectivity index is 2.60. The fourth-order valence-corrected chi connectivity index (χ4v) is 1.68. The molecule has 0 radical (unpaired) electrons. The summed E-state index contributed by atoms with van der Waals surface area (Å²) in [7, 11) is 3.66. The number of ether oxygens (including phenoxy) is 1. The molecule has 0 amide bonds. The summed E-state index contributed by atoms with van der Waals surface area (Å²) in [6.45, 7) is 3.98. The van der Waals surface area contributed by atoms with Crippen molar-refractivity contribution in [2.24, 2.45) is 0 Å². The van der Waals surface area contributed by atoms with Crippen LogP contribution in [0.15, 0.2) is 18.2 Å². The van der Waals surface area contributed by atoms with Crippen LogP contribution >= 0.6 is 0 Å². The zero-order valence-electron chi connectivity index (χ0n) is 10.5. The Bertz CT molecular complexity index is 313. The maximum atomic E-state index is 5.36. The van der Waals surface area contributed by atoms with E-state index in [1.165, 1.54) is 11.1 Å². The van der Waals surface area contributed by atoms with Gasteiger partial charge >= 0.3 is 0 Å². The molecule has 0 spiro atoms. The highest BCUT2D eigenvalue weighted by Gasteiger charge is 2.03. The summed E-state index contributed by atoms with van der Waals surface area (Å²) < 4.78 is 5.36. The average molecular weight is 222 g/mol. The standard InChI is InChI=1S/C13H22N2O/c1-4-11-5-6-13(16-3)12(9-11)7-8-15-10-14-2/h5-6,9,14-15H,4,7-8,10H2,1-3H3. The Kier molecular flexibility index (Phi) is 5.90. The average Bonchev–Trinajstić information content (AvgIpc) is 2.34. The van der Waals surface area contributed by atoms with Crippen molar-refractivity contribution in [2.75, 3.05) is 27.4 Å². The summed E-state index contributed by atoms with van der Waals surface area (Å²) in [6.07, 6.45) is 2.07. The number of hydrogen-bond donors (Lipinski definition) is 2. The highest BCUT2D eigenvalue weighted by atomic mass is 16.5. The normalized spacial score (nSPS) is 10.4. The SMILES string of the molecule is CCc1ccc(OC)c(CCNCNC)c1. The van der Waals surface area contributed by atoms with Crippen molar-refractivity contribution < 1.29 is 4.74 Å². The largest absolute Gasteiger partial charge is 0.496 e. The number of benzene rings is 1. The van der Waals surface area contributed by atoms with Crippen LogP contribution in [-0.2, 0) is 12.8 Å². The van der Waals surface area contributed by atoms with Gasteiger partial charge in [-0.05, 0) is 37.1 Å². The van der Waals surface area contributed by atoms with Gasteiger partial charge in [0.25, 0.3) is 0 Å². The molecular formula is C13H22N2O. The molecule has 0 aliphatic rings. The molecule has 0 saturated carbocycles. The molecule has 0 saturated heterocycles. The molecule has 0 unspecified atom stereocenters. The third-order valence-electron chi connectivity index (χ3n) is 2.63. The van der Waals surface area contributed by atoms with Crippen molar-refractivity contribution in [2.45, 2.75) is 19.8 Å². The smallest absolute Gasteiger partial charge is 0.122 e. The van der Waals surface area contributed by atoms with Crippen LogP contribution in [0.3, 0.4) is 0 Å². The summed E-state index contributed by atoms with van der Waals surface area (Å²) in [6, 6.07) is 6.43. The summed E-state index contributed by atoms with van der Waals surface area (Å²) in [5.74, 6) is 0.989. The van der Waals surface area contributed by atoms with E-state index in [1.54, 1.807) is 7.11 Å². The number of nitrogens with one attached hydrogen (secondary N) is 2. The maximum absolute atomic E-state index is 5.36. The Hall–Kier alpha value is -1.06. The van der Waals surface area contributed by atoms with E-state index in [1.807, 2.05) is 7.05 Å². The highest BCUT2D eigenvalue weighted by molar-refractivity contribution is 5.37. The van der Waals surface area contributed by atoms with E-state index in [9.17, 15) is 0 Å². The first-order chi connectivity index (χ1) is 7.81. The maximum Gasteiger partial charge on any atom is 0.122 e. The van der Waals surface area contributed by atoms with Crippen LogP contribution in [0.1, 0.15) is 18.1 Å². The Morgan fingerprint density at radius 1 is 1.31 bits per heavy atom. The van der Waals surface area contributed by atoms with Crippen LogP contribution < -0.4 is 15.4 Å². The van der Waals surface area contributed by atoms with E-state index >= 15 is 0 Å². The molecule has 2 N–H and O–H groups in total. The topological polar surface area (TPSA) is 33.3 Å². The molecule has 16 heavy (non-hydrogen) atoms. The third kappa shape index (κ3) is 3.83. The fraction of sp³-hybridized carbons (Fsp3) is 0.538. The van der Waals surface area contributed by atoms with Crippen LogP contribution in [0.4, 0.5) is 0 Å². The van der Waals surface area contributed by atoms with Gasteiger partial charge in [0, 0.05) is 13.2 Å². The number of rotatable bonds is 7. The Morgan fingerprint density at radius 2 is 2.12 bits per heavy atom. The predicted molar refractivity (Wildman–Crippen MR) is 68.0 cm³/mol. The second-order valence-corrected chi connectivity index (χ2v) is 3.78. The molecule has 90 valence electrons. The minimum absolute atomic E-state index is 0.843. The monoisotopic (exact) mass is 222 g/mol. The van der Waals surface area contributed by atoms with Crippen LogP contribution in [0, 0.1) is 0 Å². The first kappa shape index (κ1) is 13.0. The lowest BCUT2D eigenvalue weighted by Crippen LogP contribution is -2.27. The summed E-state index contributed by atoms with van der Waals surface area (Å²) in [5, 5.41) is 6.37. The van der Waals surface area contributed by atoms with Crippen molar-refractivity contribution in [3.63, 3.8) is 0 Å². The highest BCUT2D eigenvalue weighted by Crippen LogP contribution is 2.20. The molecule has 0 atom stereocenters. The van der Waals surface area contributed by atoms with Gasteiger partial charge in [-0.3, -0.25) is 0 Å². The van der Waals surface area contributed by atoms with Gasteiger partial charge in [0.2, 0.25) is 0 Å². The summed E-state index contributed by atoms with van der Waals surface area (Å²) in [4.78, 5) is 0. The quantitative estimate of drug-likeness (QED) is 0.542. The van der Waals surface area contributed by atoms with Crippen molar-refractivity contribution in [1.82, 2.24) is 10.6 Å². The van der Waals surface area contributed by atoms with E-state index in [0.717, 1.165) is 31.8 Å². The summed E-state index contributed by atoms with van der Waals surface area (Å²) in [5.41, 5.74) is 2.65. The molecule has 3 nitrogen and oxygen atoms in total. The van der Waals surface area contributed by atoms with Gasteiger partial charge in [-0.1, -0.05) is 19.1 Å².